The van der Waals surface area contributed by atoms with Crippen molar-refractivity contribution in [3.05, 3.63) is 107 Å². The van der Waals surface area contributed by atoms with Gasteiger partial charge in [-0.1, -0.05) is 36.9 Å². The zero-order valence-electron chi connectivity index (χ0n) is 22.4. The van der Waals surface area contributed by atoms with Gasteiger partial charge in [-0.2, -0.15) is 0 Å². The molecule has 6 nitrogen and oxygen atoms in total. The number of methoxy groups -OCH3 is 1. The van der Waals surface area contributed by atoms with Crippen LogP contribution in [0.25, 0.3) is 11.8 Å². The molecule has 0 atom stereocenters. The third kappa shape index (κ3) is 5.18. The molecule has 2 fully saturated rings. The number of hydrogen-bond donors (Lipinski definition) is 0. The van der Waals surface area contributed by atoms with E-state index in [2.05, 4.69) is 86.7 Å². The Morgan fingerprint density at radius 1 is 1.03 bits per heavy atom. The van der Waals surface area contributed by atoms with E-state index in [1.807, 2.05) is 12.3 Å². The molecule has 2 saturated heterocycles. The van der Waals surface area contributed by atoms with Crippen LogP contribution in [-0.4, -0.2) is 59.2 Å². The normalized spacial score (nSPS) is 18.8. The fourth-order valence-electron chi connectivity index (χ4n) is 6.24. The Hall–Kier alpha value is -3.64. The highest BCUT2D eigenvalue weighted by molar-refractivity contribution is 5.57. The fraction of sp³-hybridized carbons (Fsp3) is 0.375. The van der Waals surface area contributed by atoms with E-state index >= 15 is 0 Å². The molecule has 3 aliphatic rings. The number of nitrogens with zero attached hydrogens (tertiary/aromatic N) is 5. The van der Waals surface area contributed by atoms with E-state index in [0.717, 1.165) is 43.8 Å². The molecule has 0 saturated carbocycles. The number of likely N-dealkylation sites (tertiary alicyclic amines) is 2. The predicted molar refractivity (Wildman–Crippen MR) is 152 cm³/mol. The average Bonchev–Trinajstić information content (AvgIpc) is 3.08. The molecule has 0 unspecified atom stereocenters. The quantitative estimate of drug-likeness (QED) is 0.456. The smallest absolute Gasteiger partial charge is 0.135 e. The molecule has 1 spiro atoms. The molecule has 0 amide bonds. The molecular formula is C32H37N5O. The van der Waals surface area contributed by atoms with Crippen LogP contribution in [0.5, 0.6) is 0 Å². The van der Waals surface area contributed by atoms with Gasteiger partial charge in [0, 0.05) is 68.1 Å². The molecule has 0 radical (unpaired) electrons. The van der Waals surface area contributed by atoms with Gasteiger partial charge in [0.2, 0.25) is 0 Å². The number of hydrogen-bond acceptors (Lipinski definition) is 5. The van der Waals surface area contributed by atoms with Crippen LogP contribution < -0.4 is 10.7 Å². The summed E-state index contributed by atoms with van der Waals surface area (Å²) in [4.78, 5) is 14.6. The van der Waals surface area contributed by atoms with Crippen LogP contribution in [0.1, 0.15) is 36.1 Å². The largest absolute Gasteiger partial charge is 0.497 e. The molecule has 196 valence electrons. The minimum Gasteiger partial charge on any atom is -0.497 e. The topological polar surface area (TPSA) is 45.9 Å². The Morgan fingerprint density at radius 2 is 1.89 bits per heavy atom. The lowest BCUT2D eigenvalue weighted by Crippen LogP contribution is -2.55. The molecule has 38 heavy (non-hydrogen) atoms. The van der Waals surface area contributed by atoms with Gasteiger partial charge >= 0.3 is 0 Å². The van der Waals surface area contributed by atoms with Gasteiger partial charge in [-0.25, -0.2) is 0 Å². The van der Waals surface area contributed by atoms with Crippen molar-refractivity contribution < 1.29 is 4.74 Å². The van der Waals surface area contributed by atoms with Crippen molar-refractivity contribution >= 4 is 11.8 Å². The molecule has 5 heterocycles. The van der Waals surface area contributed by atoms with Crippen LogP contribution in [0.2, 0.25) is 0 Å². The molecule has 0 N–H and O–H groups in total. The molecule has 3 aliphatic heterocycles. The average molecular weight is 508 g/mol. The van der Waals surface area contributed by atoms with Crippen molar-refractivity contribution in [2.75, 3.05) is 39.8 Å². The van der Waals surface area contributed by atoms with Crippen molar-refractivity contribution in [1.29, 1.82) is 0 Å². The van der Waals surface area contributed by atoms with Crippen LogP contribution in [0.4, 0.5) is 0 Å². The predicted octanol–water partition coefficient (Wildman–Crippen LogP) is 3.83. The van der Waals surface area contributed by atoms with Crippen molar-refractivity contribution in [3.63, 3.8) is 0 Å². The first-order valence-corrected chi connectivity index (χ1v) is 13.7. The van der Waals surface area contributed by atoms with Gasteiger partial charge < -0.3 is 14.2 Å². The Balaban J connectivity index is 1.10. The highest BCUT2D eigenvalue weighted by atomic mass is 16.5. The Bertz CT molecular complexity index is 1430. The molecule has 2 aromatic heterocycles. The molecule has 0 bridgehead atoms. The van der Waals surface area contributed by atoms with Crippen molar-refractivity contribution in [2.45, 2.75) is 32.4 Å². The lowest BCUT2D eigenvalue weighted by atomic mass is 9.74. The van der Waals surface area contributed by atoms with E-state index in [-0.39, 0.29) is 0 Å². The first-order valence-electron chi connectivity index (χ1n) is 13.7. The molecule has 3 aromatic rings. The second-order valence-corrected chi connectivity index (χ2v) is 11.0. The monoisotopic (exact) mass is 507 g/mol. The van der Waals surface area contributed by atoms with Gasteiger partial charge in [0.05, 0.1) is 19.3 Å². The van der Waals surface area contributed by atoms with Gasteiger partial charge in [-0.15, -0.1) is 0 Å². The van der Waals surface area contributed by atoms with Crippen LogP contribution in [-0.2, 0) is 17.8 Å². The van der Waals surface area contributed by atoms with E-state index in [1.165, 1.54) is 54.5 Å². The van der Waals surface area contributed by atoms with E-state index in [0.29, 0.717) is 11.2 Å². The number of allylic oxidation sites excluding steroid dienone is 1. The zero-order valence-corrected chi connectivity index (χ0v) is 22.4. The molecule has 0 aliphatic carbocycles. The maximum Gasteiger partial charge on any atom is 0.135 e. The van der Waals surface area contributed by atoms with Crippen LogP contribution in [0.3, 0.4) is 0 Å². The summed E-state index contributed by atoms with van der Waals surface area (Å²) in [7, 11) is 1.65. The standard InChI is InChI=1S/C32H37N5O/c1-25(38-2)27-9-7-26(8-10-27)21-37-18-12-28-20-30(11-16-34-31(28)37)36-17-5-13-32(14-19-36)23-35(24-32)22-29-6-3-4-15-33-29/h3-4,6-12,15,18,20H,1,5,13-14,16-17,19,21-24H2,2H3. The summed E-state index contributed by atoms with van der Waals surface area (Å²) >= 11 is 0. The van der Waals surface area contributed by atoms with E-state index in [1.54, 1.807) is 7.11 Å². The number of ether oxygens (including phenoxy) is 1. The number of aromatic nitrogens is 2. The lowest BCUT2D eigenvalue weighted by Gasteiger charge is -2.50. The third-order valence-corrected chi connectivity index (χ3v) is 8.33. The van der Waals surface area contributed by atoms with Crippen LogP contribution in [0.15, 0.2) is 84.3 Å². The zero-order chi connectivity index (χ0) is 26.0. The Morgan fingerprint density at radius 3 is 2.68 bits per heavy atom. The third-order valence-electron chi connectivity index (χ3n) is 8.33. The van der Waals surface area contributed by atoms with Crippen LogP contribution >= 0.6 is 0 Å². The van der Waals surface area contributed by atoms with E-state index < -0.39 is 0 Å². The number of rotatable bonds is 7. The number of fused-ring (bicyclic) bond motifs is 1. The molecule has 1 aromatic carbocycles. The van der Waals surface area contributed by atoms with Gasteiger partial charge in [-0.05, 0) is 60.6 Å². The van der Waals surface area contributed by atoms with E-state index in [9.17, 15) is 0 Å². The minimum atomic E-state index is 0.471. The summed E-state index contributed by atoms with van der Waals surface area (Å²) in [6.45, 7) is 11.1. The van der Waals surface area contributed by atoms with Gasteiger partial charge in [-0.3, -0.25) is 14.9 Å². The molecular weight excluding hydrogens is 470 g/mol. The Kier molecular flexibility index (Phi) is 6.90. The fourth-order valence-corrected chi connectivity index (χ4v) is 6.24. The van der Waals surface area contributed by atoms with Gasteiger partial charge in [0.15, 0.2) is 0 Å². The lowest BCUT2D eigenvalue weighted by molar-refractivity contribution is -0.0172. The minimum absolute atomic E-state index is 0.471. The van der Waals surface area contributed by atoms with Crippen molar-refractivity contribution in [1.82, 2.24) is 19.4 Å². The maximum absolute atomic E-state index is 5.25. The first-order chi connectivity index (χ1) is 18.6. The van der Waals surface area contributed by atoms with Crippen molar-refractivity contribution in [2.24, 2.45) is 10.4 Å². The van der Waals surface area contributed by atoms with E-state index in [4.69, 9.17) is 9.73 Å². The van der Waals surface area contributed by atoms with Crippen LogP contribution in [0, 0.1) is 5.41 Å². The summed E-state index contributed by atoms with van der Waals surface area (Å²) in [5.74, 6) is 0.688. The van der Waals surface area contributed by atoms with Gasteiger partial charge in [0.1, 0.15) is 11.2 Å². The molecule has 6 rings (SSSR count). The summed E-state index contributed by atoms with van der Waals surface area (Å²) < 4.78 is 7.51. The van der Waals surface area contributed by atoms with Gasteiger partial charge in [0.25, 0.3) is 0 Å². The SMILES string of the molecule is C=C(OC)c1ccc(Cn2ccc3c2=NCC=C(N2CCCC4(CC2)CN(Cc2ccccn2)C4)C=3)cc1. The summed E-state index contributed by atoms with van der Waals surface area (Å²) in [5.41, 5.74) is 6.29. The molecule has 6 heteroatoms. The van der Waals surface area contributed by atoms with Crippen molar-refractivity contribution in [3.8, 4) is 0 Å². The second-order valence-electron chi connectivity index (χ2n) is 11.0. The Labute approximate surface area is 225 Å². The first kappa shape index (κ1) is 24.7. The maximum atomic E-state index is 5.25. The highest BCUT2D eigenvalue weighted by Gasteiger charge is 2.43. The number of pyridine rings is 1. The summed E-state index contributed by atoms with van der Waals surface area (Å²) in [6, 6.07) is 16.8. The highest BCUT2D eigenvalue weighted by Crippen LogP contribution is 2.41. The summed E-state index contributed by atoms with van der Waals surface area (Å²) in [6.07, 6.45) is 12.5. The second kappa shape index (κ2) is 10.6. The summed E-state index contributed by atoms with van der Waals surface area (Å²) in [5, 5.41) is 1.21. The number of benzene rings is 1.